The Labute approximate surface area is 440 Å². The van der Waals surface area contributed by atoms with Gasteiger partial charge in [-0.05, 0) is 159 Å². The van der Waals surface area contributed by atoms with Crippen molar-refractivity contribution in [2.45, 2.75) is 184 Å². The van der Waals surface area contributed by atoms with Crippen LogP contribution in [0.2, 0.25) is 5.02 Å². The van der Waals surface area contributed by atoms with E-state index in [4.69, 9.17) is 27.8 Å². The minimum atomic E-state index is -4.19. The highest BCUT2D eigenvalue weighted by Crippen LogP contribution is 2.44. The maximum Gasteiger partial charge on any atom is 0.264 e. The van der Waals surface area contributed by atoms with Crippen LogP contribution < -0.4 is 42.2 Å². The van der Waals surface area contributed by atoms with E-state index in [9.17, 15) is 37.2 Å². The van der Waals surface area contributed by atoms with Gasteiger partial charge in [0.05, 0.1) is 10.9 Å². The first-order valence-corrected chi connectivity index (χ1v) is 28.1. The van der Waals surface area contributed by atoms with Crippen LogP contribution in [0.3, 0.4) is 0 Å². The summed E-state index contributed by atoms with van der Waals surface area (Å²) >= 11 is 6.31. The number of hydrogen-bond donors (Lipinski definition) is 7. The summed E-state index contributed by atoms with van der Waals surface area (Å²) in [7, 11) is -4.19. The molecule has 2 saturated heterocycles. The van der Waals surface area contributed by atoms with Gasteiger partial charge in [0.2, 0.25) is 41.4 Å². The van der Waals surface area contributed by atoms with Crippen LogP contribution in [-0.2, 0) is 51.6 Å². The third-order valence-corrected chi connectivity index (χ3v) is 17.1. The zero-order valence-electron chi connectivity index (χ0n) is 43.4. The number of nitrogens with zero attached hydrogens (tertiary/aromatic N) is 3. The summed E-state index contributed by atoms with van der Waals surface area (Å²) in [5.74, 6) is -2.49. The number of nitrogens with two attached hydrogens (primary N) is 2. The zero-order chi connectivity index (χ0) is 53.5. The Balaban J connectivity index is 1.10. The number of guanidine groups is 1. The second-order valence-electron chi connectivity index (χ2n) is 21.2. The van der Waals surface area contributed by atoms with Gasteiger partial charge >= 0.3 is 0 Å². The number of aliphatic imine (C=N–C) groups is 1. The summed E-state index contributed by atoms with van der Waals surface area (Å²) in [6.07, 6.45) is 10.9. The lowest BCUT2D eigenvalue weighted by atomic mass is 9.75. The Kier molecular flexibility index (Phi) is 18.1. The number of halogens is 1. The van der Waals surface area contributed by atoms with Crippen molar-refractivity contribution < 1.29 is 41.9 Å². The second-order valence-corrected chi connectivity index (χ2v) is 23.3. The smallest absolute Gasteiger partial charge is 0.264 e. The summed E-state index contributed by atoms with van der Waals surface area (Å²) in [6.45, 7) is 10.1. The van der Waals surface area contributed by atoms with Gasteiger partial charge in [-0.3, -0.25) is 33.8 Å². The molecule has 5 atom stereocenters. The molecule has 1 saturated carbocycles. The number of benzene rings is 2. The molecule has 21 heteroatoms. The highest BCUT2D eigenvalue weighted by molar-refractivity contribution is 7.90. The normalized spacial score (nSPS) is 25.9. The predicted molar refractivity (Wildman–Crippen MR) is 282 cm³/mol. The summed E-state index contributed by atoms with van der Waals surface area (Å²) in [5.41, 5.74) is 14.1. The van der Waals surface area contributed by atoms with Gasteiger partial charge in [0, 0.05) is 49.6 Å². The number of rotatable bonds is 8. The molecule has 74 heavy (non-hydrogen) atoms. The summed E-state index contributed by atoms with van der Waals surface area (Å²) in [4.78, 5) is 92.7. The second kappa shape index (κ2) is 23.9. The van der Waals surface area contributed by atoms with Crippen LogP contribution in [0.1, 0.15) is 132 Å². The van der Waals surface area contributed by atoms with E-state index in [2.05, 4.69) is 31.0 Å². The van der Waals surface area contributed by atoms with Crippen LogP contribution in [-0.4, -0.2) is 127 Å². The number of hydrogen-bond acceptors (Lipinski definition) is 11. The van der Waals surface area contributed by atoms with Gasteiger partial charge in [-0.15, -0.1) is 0 Å². The molecule has 0 bridgehead atoms. The van der Waals surface area contributed by atoms with E-state index in [1.807, 2.05) is 32.9 Å². The summed E-state index contributed by atoms with van der Waals surface area (Å²) < 4.78 is 36.4. The quantitative estimate of drug-likeness (QED) is 0.0869. The number of carbonyl (C=O) groups is 6. The van der Waals surface area contributed by atoms with E-state index in [1.54, 1.807) is 38.1 Å². The number of sulfonamides is 1. The third-order valence-electron chi connectivity index (χ3n) is 15.2. The Morgan fingerprint density at radius 3 is 2.16 bits per heavy atom. The molecule has 9 N–H and O–H groups in total. The molecule has 3 fully saturated rings. The Hall–Kier alpha value is -5.73. The van der Waals surface area contributed by atoms with Gasteiger partial charge in [0.15, 0.2) is 0 Å². The van der Waals surface area contributed by atoms with Crippen molar-refractivity contribution in [2.75, 3.05) is 26.2 Å². The van der Waals surface area contributed by atoms with Crippen LogP contribution in [0, 0.1) is 20.8 Å². The van der Waals surface area contributed by atoms with E-state index in [0.29, 0.717) is 111 Å². The first-order chi connectivity index (χ1) is 35.1. The maximum atomic E-state index is 14.6. The molecule has 5 aliphatic rings. The maximum absolute atomic E-state index is 14.6. The van der Waals surface area contributed by atoms with Gasteiger partial charge in [-0.2, -0.15) is 0 Å². The highest BCUT2D eigenvalue weighted by atomic mass is 35.5. The van der Waals surface area contributed by atoms with Crippen molar-refractivity contribution in [3.8, 4) is 5.75 Å². The van der Waals surface area contributed by atoms with Crippen LogP contribution in [0.4, 0.5) is 0 Å². The molecule has 1 aliphatic carbocycles. The fourth-order valence-electron chi connectivity index (χ4n) is 10.9. The number of fused-ring (bicyclic) bond motifs is 3. The first kappa shape index (κ1) is 56.0. The standard InChI is InChI=1S/C53H75ClN10O9S/c1-32-33(2)44(34(3)37-31-52(4,5)73-43(32)37)74(71,72)62-51(56)58-26-13-20-39-48(68)63-27-14-21-41(63)46(66)57-25-11-9-7-6-8-10-19-38(55)45(65)59-40(30-35-17-12-18-36(54)29-35)49(69)64-28-15-22-42(64)47(67)61-53(23-16-24-53)50(70)60-39/h6-7,12,17-18,29,38-42H,8-11,13-16,19-28,30-31,55H2,1-5H3,(H,57,66)(H,59,65)(H,60,70)(H,61,67)(H3,56,58,62)/b7-6+/t38-,39-,40-,41-,42-/m0/s1. The third kappa shape index (κ3) is 13.0. The molecular formula is C53H75ClN10O9S. The van der Waals surface area contributed by atoms with E-state index in [1.165, 1.54) is 9.80 Å². The average molecular weight is 1060 g/mol. The van der Waals surface area contributed by atoms with E-state index in [0.717, 1.165) is 11.1 Å². The number of ether oxygens (including phenoxy) is 1. The van der Waals surface area contributed by atoms with Crippen molar-refractivity contribution in [1.82, 2.24) is 35.8 Å². The Morgan fingerprint density at radius 2 is 1.50 bits per heavy atom. The molecular weight excluding hydrogens is 988 g/mol. The van der Waals surface area contributed by atoms with Crippen molar-refractivity contribution >= 4 is 63.0 Å². The van der Waals surface area contributed by atoms with Crippen LogP contribution >= 0.6 is 11.6 Å². The van der Waals surface area contributed by atoms with Crippen LogP contribution in [0.5, 0.6) is 5.75 Å². The number of nitrogens with one attached hydrogen (secondary N) is 5. The Bertz CT molecular complexity index is 2660. The lowest BCUT2D eigenvalue weighted by Gasteiger charge is -2.43. The number of carbonyl (C=O) groups excluding carboxylic acids is 6. The van der Waals surface area contributed by atoms with Crippen molar-refractivity contribution in [2.24, 2.45) is 16.5 Å². The largest absolute Gasteiger partial charge is 0.487 e. The molecule has 0 aromatic heterocycles. The molecule has 4 heterocycles. The molecule has 0 radical (unpaired) electrons. The number of amides is 6. The lowest BCUT2D eigenvalue weighted by Crippen LogP contribution is -2.67. The molecule has 19 nitrogen and oxygen atoms in total. The number of allylic oxidation sites excluding steroid dienone is 2. The molecule has 6 amide bonds. The summed E-state index contributed by atoms with van der Waals surface area (Å²) in [6, 6.07) is 2.17. The topological polar surface area (TPSA) is 277 Å². The Morgan fingerprint density at radius 1 is 0.838 bits per heavy atom. The van der Waals surface area contributed by atoms with Crippen molar-refractivity contribution in [3.05, 3.63) is 69.3 Å². The molecule has 2 aromatic carbocycles. The predicted octanol–water partition coefficient (Wildman–Crippen LogP) is 3.55. The molecule has 404 valence electrons. The van der Waals surface area contributed by atoms with Gasteiger partial charge < -0.3 is 47.3 Å². The molecule has 7 rings (SSSR count). The fraction of sp³-hybridized carbons (Fsp3) is 0.604. The lowest BCUT2D eigenvalue weighted by molar-refractivity contribution is -0.146. The molecule has 2 aromatic rings. The van der Waals surface area contributed by atoms with E-state index >= 15 is 0 Å². The van der Waals surface area contributed by atoms with E-state index < -0.39 is 80.9 Å². The SMILES string of the molecule is Cc1c(C)c(S(=O)(=O)NC(N)=NCCC[C@@H]2NC(=O)C3(CCC3)NC(=O)[C@@H]3CCCN3C(=O)[C@H](Cc3cccc(Cl)c3)NC(=O)[C@@H](N)CCC/C=C/CCCNC(=O)[C@@H]3CCCN3C2=O)c(C)c2c1OC(C)(C)C2. The van der Waals surface area contributed by atoms with Gasteiger partial charge in [0.25, 0.3) is 10.0 Å². The fourth-order valence-corrected chi connectivity index (χ4v) is 12.7. The molecule has 4 aliphatic heterocycles. The first-order valence-electron chi connectivity index (χ1n) is 26.2. The highest BCUT2D eigenvalue weighted by Gasteiger charge is 2.50. The monoisotopic (exact) mass is 1060 g/mol. The molecule has 1 spiro atoms. The van der Waals surface area contributed by atoms with E-state index in [-0.39, 0.29) is 62.0 Å². The van der Waals surface area contributed by atoms with Crippen LogP contribution in [0.25, 0.3) is 0 Å². The van der Waals surface area contributed by atoms with Gasteiger partial charge in [0.1, 0.15) is 41.1 Å². The zero-order valence-corrected chi connectivity index (χ0v) is 45.0. The average Bonchev–Trinajstić information content (AvgIpc) is 4.10. The summed E-state index contributed by atoms with van der Waals surface area (Å²) in [5, 5.41) is 12.2. The molecule has 0 unspecified atom stereocenters. The van der Waals surface area contributed by atoms with Crippen molar-refractivity contribution in [3.63, 3.8) is 0 Å². The minimum absolute atomic E-state index is 0.0201. The van der Waals surface area contributed by atoms with Gasteiger partial charge in [-0.1, -0.05) is 35.9 Å². The van der Waals surface area contributed by atoms with Crippen LogP contribution in [0.15, 0.2) is 46.3 Å². The minimum Gasteiger partial charge on any atom is -0.487 e. The van der Waals surface area contributed by atoms with Crippen molar-refractivity contribution in [1.29, 1.82) is 0 Å². The van der Waals surface area contributed by atoms with Gasteiger partial charge in [-0.25, -0.2) is 13.1 Å².